The van der Waals surface area contributed by atoms with Crippen LogP contribution in [-0.4, -0.2) is 121 Å². The Balaban J connectivity index is 2.21. The van der Waals surface area contributed by atoms with Gasteiger partial charge in [0, 0.05) is 18.8 Å². The monoisotopic (exact) mass is 731 g/mol. The first-order valence-electron chi connectivity index (χ1n) is 16.1. The zero-order valence-electron chi connectivity index (χ0n) is 28.7. The van der Waals surface area contributed by atoms with E-state index in [1.807, 2.05) is 0 Å². The summed E-state index contributed by atoms with van der Waals surface area (Å²) in [5.74, 6) is -8.77. The topological polar surface area (TPSA) is 320 Å². The fourth-order valence-electron chi connectivity index (χ4n) is 4.76. The fraction of sp³-hybridized carbons (Fsp3) is 0.455. The molecule has 12 N–H and O–H groups in total. The van der Waals surface area contributed by atoms with Crippen LogP contribution in [0, 0.1) is 5.92 Å². The van der Waals surface area contributed by atoms with Gasteiger partial charge in [0.1, 0.15) is 36.0 Å². The molecule has 0 aliphatic carbocycles. The summed E-state index contributed by atoms with van der Waals surface area (Å²) in [6, 6.07) is -0.541. The third-order valence-corrected chi connectivity index (χ3v) is 7.64. The molecule has 0 aliphatic rings. The van der Waals surface area contributed by atoms with Crippen molar-refractivity contribution in [1.82, 2.24) is 31.6 Å². The van der Waals surface area contributed by atoms with Crippen LogP contribution in [-0.2, 0) is 46.4 Å². The first-order chi connectivity index (χ1) is 24.4. The molecule has 7 atom stereocenters. The van der Waals surface area contributed by atoms with Crippen molar-refractivity contribution >= 4 is 41.5 Å². The molecule has 52 heavy (non-hydrogen) atoms. The molecule has 2 aromatic rings. The first-order valence-corrected chi connectivity index (χ1v) is 16.1. The smallest absolute Gasteiger partial charge is 0.326 e. The van der Waals surface area contributed by atoms with Crippen LogP contribution in [0.4, 0.5) is 0 Å². The van der Waals surface area contributed by atoms with E-state index < -0.39 is 103 Å². The number of aromatic hydroxyl groups is 1. The number of hydrogen-bond acceptors (Lipinski definition) is 12. The van der Waals surface area contributed by atoms with Crippen molar-refractivity contribution in [3.63, 3.8) is 0 Å². The number of benzene rings is 1. The number of phenols is 1. The maximum absolute atomic E-state index is 13.3. The normalized spacial score (nSPS) is 15.1. The summed E-state index contributed by atoms with van der Waals surface area (Å²) >= 11 is 0. The average molecular weight is 732 g/mol. The van der Waals surface area contributed by atoms with Crippen LogP contribution in [0.3, 0.4) is 0 Å². The van der Waals surface area contributed by atoms with Crippen LogP contribution >= 0.6 is 0 Å². The summed E-state index contributed by atoms with van der Waals surface area (Å²) in [5, 5.41) is 60.1. The van der Waals surface area contributed by atoms with Gasteiger partial charge in [0.05, 0.1) is 25.2 Å². The minimum atomic E-state index is -1.84. The molecule has 284 valence electrons. The Bertz CT molecular complexity index is 1560. The standard InChI is InChI=1S/C33H45N7O12/c1-16(2)26(33(51)52)39-29(47)22(12-18-6-8-20(43)9-7-18)37-31(49)24(15-41)38-32(50)27(17(3)42)40-30(48)23(13-25(44)45)36-28(46)21(34)11-19-5-4-10-35-14-19/h4-10,14,16-17,21-24,26-27,41-43H,11-13,15,34H2,1-3H3,(H,36,46)(H,37,49)(H,38,50)(H,39,47)(H,40,48)(H,44,45)(H,51,52)/t17-,21+,22+,23+,24+,26+,27+/m1/s1. The Morgan fingerprint density at radius 3 is 1.79 bits per heavy atom. The predicted molar refractivity (Wildman–Crippen MR) is 181 cm³/mol. The number of aliphatic carboxylic acids is 2. The molecule has 2 rings (SSSR count). The minimum absolute atomic E-state index is 0.000274. The van der Waals surface area contributed by atoms with E-state index in [1.54, 1.807) is 26.0 Å². The maximum Gasteiger partial charge on any atom is 0.326 e. The first kappa shape index (κ1) is 42.5. The molecule has 0 bridgehead atoms. The third kappa shape index (κ3) is 13.6. The highest BCUT2D eigenvalue weighted by atomic mass is 16.4. The number of carboxylic acids is 2. The van der Waals surface area contributed by atoms with E-state index in [0.717, 1.165) is 6.92 Å². The van der Waals surface area contributed by atoms with E-state index in [4.69, 9.17) is 5.73 Å². The molecule has 0 saturated carbocycles. The molecule has 0 fully saturated rings. The Morgan fingerprint density at radius 1 is 0.712 bits per heavy atom. The van der Waals surface area contributed by atoms with Gasteiger partial charge in [-0.1, -0.05) is 32.0 Å². The number of nitrogens with zero attached hydrogens (tertiary/aromatic N) is 1. The largest absolute Gasteiger partial charge is 0.508 e. The van der Waals surface area contributed by atoms with Crippen LogP contribution in [0.25, 0.3) is 0 Å². The van der Waals surface area contributed by atoms with Gasteiger partial charge in [-0.2, -0.15) is 0 Å². The van der Waals surface area contributed by atoms with Gasteiger partial charge in [-0.3, -0.25) is 33.8 Å². The molecular formula is C33H45N7O12. The summed E-state index contributed by atoms with van der Waals surface area (Å²) in [6.45, 7) is 3.16. The van der Waals surface area contributed by atoms with Crippen LogP contribution in [0.1, 0.15) is 38.3 Å². The van der Waals surface area contributed by atoms with Crippen LogP contribution < -0.4 is 32.3 Å². The maximum atomic E-state index is 13.3. The molecule has 5 amide bonds. The highest BCUT2D eigenvalue weighted by Crippen LogP contribution is 2.13. The zero-order valence-corrected chi connectivity index (χ0v) is 28.7. The lowest BCUT2D eigenvalue weighted by atomic mass is 10.0. The Hall–Kier alpha value is -5.66. The van der Waals surface area contributed by atoms with Gasteiger partial charge >= 0.3 is 11.9 Å². The fourth-order valence-corrected chi connectivity index (χ4v) is 4.76. The number of nitrogens with one attached hydrogen (secondary N) is 5. The SMILES string of the molecule is CC(C)[C@H](NC(=O)[C@H](Cc1ccc(O)cc1)NC(=O)[C@H](CO)NC(=O)[C@@H](NC(=O)[C@H](CC(=O)O)NC(=O)[C@@H](N)Cc1cccnc1)[C@@H](C)O)C(=O)O. The molecular weight excluding hydrogens is 686 g/mol. The lowest BCUT2D eigenvalue weighted by molar-refractivity contribution is -0.144. The van der Waals surface area contributed by atoms with Crippen molar-refractivity contribution in [3.05, 3.63) is 59.9 Å². The summed E-state index contributed by atoms with van der Waals surface area (Å²) in [4.78, 5) is 92.8. The Kier molecular flexibility index (Phi) is 16.6. The highest BCUT2D eigenvalue weighted by Gasteiger charge is 2.35. The molecule has 19 heteroatoms. The van der Waals surface area contributed by atoms with Gasteiger partial charge in [-0.05, 0) is 48.6 Å². The van der Waals surface area contributed by atoms with Gasteiger partial charge in [0.15, 0.2) is 0 Å². The predicted octanol–water partition coefficient (Wildman–Crippen LogP) is -3.09. The van der Waals surface area contributed by atoms with Crippen molar-refractivity contribution in [2.24, 2.45) is 11.7 Å². The number of aliphatic hydroxyl groups is 2. The highest BCUT2D eigenvalue weighted by molar-refractivity contribution is 5.97. The molecule has 0 aliphatic heterocycles. The summed E-state index contributed by atoms with van der Waals surface area (Å²) < 4.78 is 0. The van der Waals surface area contributed by atoms with Crippen molar-refractivity contribution in [1.29, 1.82) is 0 Å². The van der Waals surface area contributed by atoms with Crippen molar-refractivity contribution in [2.45, 2.75) is 82.4 Å². The number of aliphatic hydroxyl groups excluding tert-OH is 2. The number of pyridine rings is 1. The number of carbonyl (C=O) groups is 7. The number of amides is 5. The molecule has 1 heterocycles. The molecule has 1 aromatic heterocycles. The minimum Gasteiger partial charge on any atom is -0.508 e. The van der Waals surface area contributed by atoms with E-state index in [9.17, 15) is 59.1 Å². The van der Waals surface area contributed by atoms with E-state index >= 15 is 0 Å². The van der Waals surface area contributed by atoms with Crippen molar-refractivity contribution in [3.8, 4) is 5.75 Å². The van der Waals surface area contributed by atoms with E-state index in [-0.39, 0.29) is 18.6 Å². The molecule has 19 nitrogen and oxygen atoms in total. The molecule has 0 unspecified atom stereocenters. The Labute approximate surface area is 298 Å². The van der Waals surface area contributed by atoms with Crippen LogP contribution in [0.5, 0.6) is 5.75 Å². The van der Waals surface area contributed by atoms with Gasteiger partial charge < -0.3 is 57.9 Å². The molecule has 0 saturated heterocycles. The van der Waals surface area contributed by atoms with Crippen molar-refractivity contribution in [2.75, 3.05) is 6.61 Å². The zero-order chi connectivity index (χ0) is 39.1. The second kappa shape index (κ2) is 20.3. The van der Waals surface area contributed by atoms with Gasteiger partial charge in [0.2, 0.25) is 29.5 Å². The van der Waals surface area contributed by atoms with Crippen molar-refractivity contribution < 1.29 is 59.1 Å². The van der Waals surface area contributed by atoms with Gasteiger partial charge in [-0.15, -0.1) is 0 Å². The lowest BCUT2D eigenvalue weighted by Gasteiger charge is -2.27. The number of phenolic OH excluding ortho intramolecular Hbond substituents is 1. The lowest BCUT2D eigenvalue weighted by Crippen LogP contribution is -2.62. The van der Waals surface area contributed by atoms with Crippen LogP contribution in [0.15, 0.2) is 48.8 Å². The second-order valence-corrected chi connectivity index (χ2v) is 12.3. The number of hydrogen-bond donors (Lipinski definition) is 11. The Morgan fingerprint density at radius 2 is 1.27 bits per heavy atom. The third-order valence-electron chi connectivity index (χ3n) is 7.64. The molecule has 0 spiro atoms. The molecule has 0 radical (unpaired) electrons. The number of carboxylic acid groups (broad SMARTS) is 2. The van der Waals surface area contributed by atoms with Gasteiger partial charge in [-0.25, -0.2) is 4.79 Å². The van der Waals surface area contributed by atoms with E-state index in [0.29, 0.717) is 11.1 Å². The number of rotatable bonds is 20. The number of nitrogens with two attached hydrogens (primary N) is 1. The number of aromatic nitrogens is 1. The molecule has 1 aromatic carbocycles. The summed E-state index contributed by atoms with van der Waals surface area (Å²) in [5.41, 5.74) is 6.96. The average Bonchev–Trinajstić information content (AvgIpc) is 3.08. The summed E-state index contributed by atoms with van der Waals surface area (Å²) in [6.07, 6.45) is 0.179. The van der Waals surface area contributed by atoms with E-state index in [1.165, 1.54) is 36.7 Å². The van der Waals surface area contributed by atoms with E-state index in [2.05, 4.69) is 31.6 Å². The quantitative estimate of drug-likeness (QED) is 0.0643. The van der Waals surface area contributed by atoms with Crippen LogP contribution in [0.2, 0.25) is 0 Å². The number of carbonyl (C=O) groups excluding carboxylic acids is 5. The summed E-state index contributed by atoms with van der Waals surface area (Å²) in [7, 11) is 0. The second-order valence-electron chi connectivity index (χ2n) is 12.3. The van der Waals surface area contributed by atoms with Gasteiger partial charge in [0.25, 0.3) is 0 Å².